The van der Waals surface area contributed by atoms with Crippen LogP contribution in [0.5, 0.6) is 5.75 Å². The quantitative estimate of drug-likeness (QED) is 0.548. The Morgan fingerprint density at radius 2 is 1.87 bits per heavy atom. The van der Waals surface area contributed by atoms with Gasteiger partial charge in [0.2, 0.25) is 5.91 Å². The molecule has 5 heteroatoms. The molecule has 0 unspecified atom stereocenters. The summed E-state index contributed by atoms with van der Waals surface area (Å²) < 4.78 is 12.0. The number of allylic oxidation sites excluding steroid dienone is 1. The molecule has 2 heterocycles. The lowest BCUT2D eigenvalue weighted by molar-refractivity contribution is -0.127. The van der Waals surface area contributed by atoms with Crippen LogP contribution >= 0.6 is 0 Å². The van der Waals surface area contributed by atoms with Crippen LogP contribution in [0.2, 0.25) is 0 Å². The fourth-order valence-electron chi connectivity index (χ4n) is 4.16. The fourth-order valence-corrected chi connectivity index (χ4v) is 4.16. The smallest absolute Gasteiger partial charge is 0.246 e. The van der Waals surface area contributed by atoms with Gasteiger partial charge in [-0.2, -0.15) is 0 Å². The molecule has 0 bridgehead atoms. The number of amides is 1. The number of nitrogens with zero attached hydrogens (tertiary/aromatic N) is 2. The molecule has 31 heavy (non-hydrogen) atoms. The largest absolute Gasteiger partial charge is 0.493 e. The van der Waals surface area contributed by atoms with E-state index in [1.54, 1.807) is 12.3 Å². The number of hydrogen-bond acceptors (Lipinski definition) is 4. The minimum Gasteiger partial charge on any atom is -0.493 e. The molecule has 1 aliphatic heterocycles. The van der Waals surface area contributed by atoms with Crippen LogP contribution in [0.3, 0.4) is 0 Å². The van der Waals surface area contributed by atoms with E-state index in [0.717, 1.165) is 70.7 Å². The summed E-state index contributed by atoms with van der Waals surface area (Å²) >= 11 is 0. The number of aryl methyl sites for hydroxylation is 1. The Morgan fingerprint density at radius 3 is 2.55 bits per heavy atom. The van der Waals surface area contributed by atoms with Crippen molar-refractivity contribution >= 4 is 22.4 Å². The standard InChI is InChI=1S/C26H30N2O3/c1-5-30-25-19(3)26-22(23(17-31-26)20-9-7-6-8-10-20)16-21(25)18(2)15-24(29)28-13-11-27(4)12-14-28/h6-10,15-17H,5,11-14H2,1-4H3/b18-15+. The summed E-state index contributed by atoms with van der Waals surface area (Å²) in [7, 11) is 2.09. The second kappa shape index (κ2) is 8.98. The summed E-state index contributed by atoms with van der Waals surface area (Å²) in [6, 6.07) is 12.3. The third-order valence-corrected chi connectivity index (χ3v) is 6.00. The SMILES string of the molecule is CCOc1c(/C(C)=C/C(=O)N2CCN(C)CC2)cc2c(-c3ccccc3)coc2c1C. The Bertz CT molecular complexity index is 1110. The first-order valence-electron chi connectivity index (χ1n) is 10.9. The van der Waals surface area contributed by atoms with Crippen LogP contribution in [-0.2, 0) is 4.79 Å². The third kappa shape index (κ3) is 4.23. The van der Waals surface area contributed by atoms with Gasteiger partial charge in [-0.25, -0.2) is 0 Å². The number of ether oxygens (including phenoxy) is 1. The molecule has 0 radical (unpaired) electrons. The number of furan rings is 1. The second-order valence-electron chi connectivity index (χ2n) is 8.16. The van der Waals surface area contributed by atoms with E-state index < -0.39 is 0 Å². The number of hydrogen-bond donors (Lipinski definition) is 0. The molecule has 162 valence electrons. The second-order valence-corrected chi connectivity index (χ2v) is 8.16. The lowest BCUT2D eigenvalue weighted by Crippen LogP contribution is -2.46. The lowest BCUT2D eigenvalue weighted by atomic mass is 9.96. The van der Waals surface area contributed by atoms with E-state index in [1.165, 1.54) is 0 Å². The molecule has 0 N–H and O–H groups in total. The van der Waals surface area contributed by atoms with E-state index >= 15 is 0 Å². The Hall–Kier alpha value is -3.05. The van der Waals surface area contributed by atoms with Gasteiger partial charge in [-0.05, 0) is 45.0 Å². The number of likely N-dealkylation sites (N-methyl/N-ethyl adjacent to an activating group) is 1. The minimum absolute atomic E-state index is 0.0567. The van der Waals surface area contributed by atoms with E-state index in [4.69, 9.17) is 9.15 Å². The molecular weight excluding hydrogens is 388 g/mol. The molecule has 1 aromatic heterocycles. The highest BCUT2D eigenvalue weighted by atomic mass is 16.5. The van der Waals surface area contributed by atoms with Gasteiger partial charge in [0.1, 0.15) is 11.3 Å². The Morgan fingerprint density at radius 1 is 1.16 bits per heavy atom. The number of piperazine rings is 1. The van der Waals surface area contributed by atoms with Gasteiger partial charge < -0.3 is 19.0 Å². The van der Waals surface area contributed by atoms with Crippen LogP contribution in [0.25, 0.3) is 27.7 Å². The van der Waals surface area contributed by atoms with Crippen LogP contribution in [0.1, 0.15) is 25.0 Å². The van der Waals surface area contributed by atoms with Crippen LogP contribution in [-0.4, -0.2) is 55.5 Å². The average molecular weight is 419 g/mol. The van der Waals surface area contributed by atoms with Crippen molar-refractivity contribution in [2.75, 3.05) is 39.8 Å². The molecule has 1 saturated heterocycles. The van der Waals surface area contributed by atoms with Gasteiger partial charge in [-0.3, -0.25) is 4.79 Å². The average Bonchev–Trinajstić information content (AvgIpc) is 3.21. The molecule has 4 rings (SSSR count). The van der Waals surface area contributed by atoms with Gasteiger partial charge in [0.25, 0.3) is 0 Å². The highest BCUT2D eigenvalue weighted by Gasteiger charge is 2.21. The number of carbonyl (C=O) groups is 1. The third-order valence-electron chi connectivity index (χ3n) is 6.00. The van der Waals surface area contributed by atoms with Crippen molar-refractivity contribution in [3.05, 3.63) is 59.9 Å². The fraction of sp³-hybridized carbons (Fsp3) is 0.346. The summed E-state index contributed by atoms with van der Waals surface area (Å²) in [6.07, 6.45) is 3.55. The summed E-state index contributed by atoms with van der Waals surface area (Å²) in [5.41, 5.74) is 5.76. The van der Waals surface area contributed by atoms with Crippen LogP contribution in [0.15, 0.2) is 53.2 Å². The maximum atomic E-state index is 12.9. The molecule has 2 aromatic carbocycles. The first kappa shape index (κ1) is 21.2. The van der Waals surface area contributed by atoms with E-state index in [1.807, 2.05) is 43.9 Å². The zero-order valence-corrected chi connectivity index (χ0v) is 18.8. The van der Waals surface area contributed by atoms with Gasteiger partial charge in [-0.1, -0.05) is 30.3 Å². The lowest BCUT2D eigenvalue weighted by Gasteiger charge is -2.31. The van der Waals surface area contributed by atoms with E-state index in [9.17, 15) is 4.79 Å². The molecule has 0 atom stereocenters. The topological polar surface area (TPSA) is 45.9 Å². The predicted molar refractivity (Wildman–Crippen MR) is 125 cm³/mol. The molecule has 1 aliphatic rings. The van der Waals surface area contributed by atoms with Crippen molar-refractivity contribution in [1.29, 1.82) is 0 Å². The highest BCUT2D eigenvalue weighted by molar-refractivity contribution is 6.01. The summed E-state index contributed by atoms with van der Waals surface area (Å²) in [6.45, 7) is 9.85. The van der Waals surface area contributed by atoms with Crippen molar-refractivity contribution in [3.63, 3.8) is 0 Å². The molecule has 0 saturated carbocycles. The molecular formula is C26H30N2O3. The summed E-state index contributed by atoms with van der Waals surface area (Å²) in [5.74, 6) is 0.838. The minimum atomic E-state index is 0.0567. The van der Waals surface area contributed by atoms with Gasteiger partial charge in [-0.15, -0.1) is 0 Å². The van der Waals surface area contributed by atoms with Crippen LogP contribution in [0.4, 0.5) is 0 Å². The predicted octanol–water partition coefficient (Wildman–Crippen LogP) is 4.98. The van der Waals surface area contributed by atoms with Crippen molar-refractivity contribution in [2.45, 2.75) is 20.8 Å². The van der Waals surface area contributed by atoms with Gasteiger partial charge in [0.05, 0.1) is 12.9 Å². The molecule has 3 aromatic rings. The van der Waals surface area contributed by atoms with Crippen LogP contribution in [0, 0.1) is 6.92 Å². The van der Waals surface area contributed by atoms with E-state index in [-0.39, 0.29) is 5.91 Å². The molecule has 5 nitrogen and oxygen atoms in total. The van der Waals surface area contributed by atoms with Crippen molar-refractivity contribution < 1.29 is 13.9 Å². The van der Waals surface area contributed by atoms with E-state index in [2.05, 4.69) is 30.1 Å². The summed E-state index contributed by atoms with van der Waals surface area (Å²) in [4.78, 5) is 17.1. The van der Waals surface area contributed by atoms with Crippen molar-refractivity contribution in [2.24, 2.45) is 0 Å². The maximum absolute atomic E-state index is 12.9. The zero-order valence-electron chi connectivity index (χ0n) is 18.8. The first-order chi connectivity index (χ1) is 15.0. The van der Waals surface area contributed by atoms with Crippen molar-refractivity contribution in [1.82, 2.24) is 9.80 Å². The Balaban J connectivity index is 1.78. The van der Waals surface area contributed by atoms with Gasteiger partial charge in [0, 0.05) is 54.3 Å². The van der Waals surface area contributed by atoms with Gasteiger partial charge in [0.15, 0.2) is 0 Å². The number of benzene rings is 2. The van der Waals surface area contributed by atoms with Gasteiger partial charge >= 0.3 is 0 Å². The monoisotopic (exact) mass is 418 g/mol. The normalized spacial score (nSPS) is 15.5. The number of rotatable bonds is 5. The Kier molecular flexibility index (Phi) is 6.14. The summed E-state index contributed by atoms with van der Waals surface area (Å²) in [5, 5.41) is 1.03. The first-order valence-corrected chi connectivity index (χ1v) is 10.9. The van der Waals surface area contributed by atoms with Crippen molar-refractivity contribution in [3.8, 4) is 16.9 Å². The Labute approximate surface area is 183 Å². The molecule has 1 fully saturated rings. The van der Waals surface area contributed by atoms with Crippen LogP contribution < -0.4 is 4.74 Å². The van der Waals surface area contributed by atoms with E-state index in [0.29, 0.717) is 6.61 Å². The number of fused-ring (bicyclic) bond motifs is 1. The maximum Gasteiger partial charge on any atom is 0.246 e. The molecule has 1 amide bonds. The highest BCUT2D eigenvalue weighted by Crippen LogP contribution is 2.40. The zero-order chi connectivity index (χ0) is 22.0. The molecule has 0 aliphatic carbocycles. The molecule has 0 spiro atoms. The number of carbonyl (C=O) groups excluding carboxylic acids is 1.